The highest BCUT2D eigenvalue weighted by Crippen LogP contribution is 2.41. The first-order valence-electron chi connectivity index (χ1n) is 11.0. The van der Waals surface area contributed by atoms with Crippen molar-refractivity contribution in [3.63, 3.8) is 0 Å². The number of unbranched alkanes of at least 4 members (excludes halogenated alkanes) is 1. The lowest BCUT2D eigenvalue weighted by molar-refractivity contribution is -0.130. The van der Waals surface area contributed by atoms with Crippen molar-refractivity contribution < 1.29 is 19.0 Å². The van der Waals surface area contributed by atoms with Gasteiger partial charge in [0.25, 0.3) is 0 Å². The molecule has 1 aliphatic rings. The molecule has 0 saturated heterocycles. The van der Waals surface area contributed by atoms with Crippen molar-refractivity contribution in [2.24, 2.45) is 5.10 Å². The molecule has 2 aromatic rings. The topological polar surface area (TPSA) is 60.4 Å². The predicted octanol–water partition coefficient (Wildman–Crippen LogP) is 5.72. The maximum Gasteiger partial charge on any atom is 0.240 e. The number of amides is 1. The second-order valence-electron chi connectivity index (χ2n) is 7.86. The molecule has 0 N–H and O–H groups in total. The molecule has 0 saturated carbocycles. The molecule has 6 heteroatoms. The fourth-order valence-electron chi connectivity index (χ4n) is 3.77. The van der Waals surface area contributed by atoms with Gasteiger partial charge in [0.1, 0.15) is 17.2 Å². The van der Waals surface area contributed by atoms with E-state index in [2.05, 4.69) is 12.0 Å². The molecule has 0 spiro atoms. The Hall–Kier alpha value is -3.28. The third-order valence-electron chi connectivity index (χ3n) is 5.42. The van der Waals surface area contributed by atoms with Crippen LogP contribution < -0.4 is 14.2 Å². The molecule has 170 valence electrons. The monoisotopic (exact) mass is 436 g/mol. The lowest BCUT2D eigenvalue weighted by Crippen LogP contribution is -2.25. The van der Waals surface area contributed by atoms with Gasteiger partial charge in [0.05, 0.1) is 26.9 Å². The van der Waals surface area contributed by atoms with E-state index in [1.807, 2.05) is 55.5 Å². The summed E-state index contributed by atoms with van der Waals surface area (Å²) in [6, 6.07) is 11.6. The molecule has 0 bridgehead atoms. The Kier molecular flexibility index (Phi) is 7.92. The zero-order chi connectivity index (χ0) is 23.1. The maximum absolute atomic E-state index is 12.2. The molecule has 2 aromatic carbocycles. The van der Waals surface area contributed by atoms with Crippen LogP contribution >= 0.6 is 0 Å². The Morgan fingerprint density at radius 2 is 1.88 bits per heavy atom. The van der Waals surface area contributed by atoms with Crippen LogP contribution in [0.2, 0.25) is 0 Å². The second kappa shape index (κ2) is 10.8. The third-order valence-corrected chi connectivity index (χ3v) is 5.42. The van der Waals surface area contributed by atoms with E-state index in [0.29, 0.717) is 17.9 Å². The van der Waals surface area contributed by atoms with E-state index in [9.17, 15) is 4.79 Å². The summed E-state index contributed by atoms with van der Waals surface area (Å²) in [4.78, 5) is 12.2. The normalized spacial score (nSPS) is 15.7. The number of nitrogens with zero attached hydrogens (tertiary/aromatic N) is 2. The molecule has 3 rings (SSSR count). The first-order valence-corrected chi connectivity index (χ1v) is 11.0. The van der Waals surface area contributed by atoms with Gasteiger partial charge in [-0.2, -0.15) is 5.10 Å². The fraction of sp³-hybridized carbons (Fsp3) is 0.385. The molecule has 0 fully saturated rings. The van der Waals surface area contributed by atoms with Gasteiger partial charge in [-0.25, -0.2) is 5.01 Å². The third kappa shape index (κ3) is 5.49. The average molecular weight is 437 g/mol. The highest BCUT2D eigenvalue weighted by molar-refractivity contribution is 5.88. The Morgan fingerprint density at radius 3 is 2.50 bits per heavy atom. The Labute approximate surface area is 190 Å². The molecule has 1 aliphatic heterocycles. The van der Waals surface area contributed by atoms with Gasteiger partial charge in [0.2, 0.25) is 5.91 Å². The van der Waals surface area contributed by atoms with E-state index < -0.39 is 0 Å². The quantitative estimate of drug-likeness (QED) is 0.372. The fourth-order valence-corrected chi connectivity index (χ4v) is 3.77. The largest absolute Gasteiger partial charge is 0.497 e. The van der Waals surface area contributed by atoms with Crippen LogP contribution in [0.25, 0.3) is 12.2 Å². The minimum atomic E-state index is -0.220. The van der Waals surface area contributed by atoms with Gasteiger partial charge >= 0.3 is 0 Å². The van der Waals surface area contributed by atoms with Crippen LogP contribution in [0.1, 0.15) is 62.8 Å². The summed E-state index contributed by atoms with van der Waals surface area (Å²) in [7, 11) is 3.26. The molecule has 1 amide bonds. The van der Waals surface area contributed by atoms with Crippen molar-refractivity contribution in [2.45, 2.75) is 46.1 Å². The van der Waals surface area contributed by atoms with Crippen LogP contribution in [-0.2, 0) is 4.79 Å². The van der Waals surface area contributed by atoms with Crippen molar-refractivity contribution in [3.05, 3.63) is 53.1 Å². The SMILES string of the molecule is CCCCOc1ccc(/C=C/c2cc(OC)cc(OC)c2C2CC(C)=NN2C(C)=O)cc1. The first kappa shape index (κ1) is 23.4. The molecular formula is C26H32N2O4. The summed E-state index contributed by atoms with van der Waals surface area (Å²) >= 11 is 0. The van der Waals surface area contributed by atoms with Crippen LogP contribution in [0.15, 0.2) is 41.5 Å². The van der Waals surface area contributed by atoms with Crippen LogP contribution in [-0.4, -0.2) is 37.5 Å². The number of hydrazone groups is 1. The molecule has 0 radical (unpaired) electrons. The minimum Gasteiger partial charge on any atom is -0.497 e. The molecule has 32 heavy (non-hydrogen) atoms. The molecular weight excluding hydrogens is 404 g/mol. The molecule has 1 unspecified atom stereocenters. The summed E-state index contributed by atoms with van der Waals surface area (Å²) < 4.78 is 16.9. The van der Waals surface area contributed by atoms with Gasteiger partial charge < -0.3 is 14.2 Å². The van der Waals surface area contributed by atoms with Gasteiger partial charge in [-0.15, -0.1) is 0 Å². The number of carbonyl (C=O) groups is 1. The van der Waals surface area contributed by atoms with Crippen molar-refractivity contribution in [1.29, 1.82) is 0 Å². The average Bonchev–Trinajstić information content (AvgIpc) is 3.19. The summed E-state index contributed by atoms with van der Waals surface area (Å²) in [6.45, 7) is 6.35. The van der Waals surface area contributed by atoms with E-state index in [4.69, 9.17) is 14.2 Å². The van der Waals surface area contributed by atoms with Crippen molar-refractivity contribution in [3.8, 4) is 17.2 Å². The zero-order valence-corrected chi connectivity index (χ0v) is 19.6. The van der Waals surface area contributed by atoms with E-state index in [-0.39, 0.29) is 11.9 Å². The van der Waals surface area contributed by atoms with Gasteiger partial charge in [0, 0.05) is 30.7 Å². The summed E-state index contributed by atoms with van der Waals surface area (Å²) in [5.41, 5.74) is 3.80. The summed E-state index contributed by atoms with van der Waals surface area (Å²) in [5.74, 6) is 2.13. The number of hydrogen-bond acceptors (Lipinski definition) is 5. The van der Waals surface area contributed by atoms with Crippen LogP contribution in [0, 0.1) is 0 Å². The van der Waals surface area contributed by atoms with Crippen LogP contribution in [0.3, 0.4) is 0 Å². The first-order chi connectivity index (χ1) is 15.5. The smallest absolute Gasteiger partial charge is 0.240 e. The van der Waals surface area contributed by atoms with E-state index in [1.54, 1.807) is 19.2 Å². The Morgan fingerprint density at radius 1 is 1.12 bits per heavy atom. The number of hydrogen-bond donors (Lipinski definition) is 0. The van der Waals surface area contributed by atoms with Crippen molar-refractivity contribution >= 4 is 23.8 Å². The Balaban J connectivity index is 1.94. The number of ether oxygens (including phenoxy) is 3. The molecule has 6 nitrogen and oxygen atoms in total. The number of carbonyl (C=O) groups excluding carboxylic acids is 1. The standard InChI is InChI=1S/C26H32N2O4/c1-6-7-14-32-22-12-9-20(10-13-22)8-11-21-16-23(30-4)17-25(31-5)26(21)24-15-18(2)27-28(24)19(3)29/h8-13,16-17,24H,6-7,14-15H2,1-5H3/b11-8+. The molecule has 1 heterocycles. The van der Waals surface area contributed by atoms with Gasteiger partial charge in [-0.05, 0) is 42.7 Å². The van der Waals surface area contributed by atoms with Crippen LogP contribution in [0.5, 0.6) is 17.2 Å². The summed E-state index contributed by atoms with van der Waals surface area (Å²) in [5, 5.41) is 5.98. The Bertz CT molecular complexity index is 996. The van der Waals surface area contributed by atoms with Crippen molar-refractivity contribution in [1.82, 2.24) is 5.01 Å². The number of rotatable bonds is 9. The van der Waals surface area contributed by atoms with E-state index >= 15 is 0 Å². The predicted molar refractivity (Wildman–Crippen MR) is 128 cm³/mol. The van der Waals surface area contributed by atoms with Gasteiger partial charge in [-0.1, -0.05) is 37.6 Å². The van der Waals surface area contributed by atoms with Crippen LogP contribution in [0.4, 0.5) is 0 Å². The second-order valence-corrected chi connectivity index (χ2v) is 7.86. The molecule has 0 aliphatic carbocycles. The molecule has 1 atom stereocenters. The maximum atomic E-state index is 12.2. The zero-order valence-electron chi connectivity index (χ0n) is 19.6. The number of benzene rings is 2. The molecule has 0 aromatic heterocycles. The van der Waals surface area contributed by atoms with E-state index in [1.165, 1.54) is 6.92 Å². The minimum absolute atomic E-state index is 0.0988. The highest BCUT2D eigenvalue weighted by atomic mass is 16.5. The lowest BCUT2D eigenvalue weighted by atomic mass is 9.94. The highest BCUT2D eigenvalue weighted by Gasteiger charge is 2.33. The van der Waals surface area contributed by atoms with E-state index in [0.717, 1.165) is 47.6 Å². The van der Waals surface area contributed by atoms with Gasteiger partial charge in [-0.3, -0.25) is 4.79 Å². The lowest BCUT2D eigenvalue weighted by Gasteiger charge is -2.25. The van der Waals surface area contributed by atoms with Gasteiger partial charge in [0.15, 0.2) is 0 Å². The number of methoxy groups -OCH3 is 2. The summed E-state index contributed by atoms with van der Waals surface area (Å²) in [6.07, 6.45) is 6.88. The van der Waals surface area contributed by atoms with Crippen molar-refractivity contribution in [2.75, 3.05) is 20.8 Å².